The number of unbranched alkanes of at least 4 members (excludes halogenated alkanes) is 2. The maximum atomic E-state index is 13.2. The van der Waals surface area contributed by atoms with Gasteiger partial charge in [-0.25, -0.2) is 4.39 Å². The molecule has 0 radical (unpaired) electrons. The standard InChI is InChI=1S/C23H39FO2/c1-2-3-4-5-19-16-25-23(26-17-19)15-8-18-6-9-20(10-7-18)21-11-13-22(24)14-12-21/h13,18-21,23H,2-12,14-17H2,1H3/t18-,19-,20-,21?,23-. The Morgan fingerprint density at radius 2 is 1.65 bits per heavy atom. The molecule has 2 aliphatic carbocycles. The lowest BCUT2D eigenvalue weighted by atomic mass is 9.71. The predicted octanol–water partition coefficient (Wildman–Crippen LogP) is 6.80. The van der Waals surface area contributed by atoms with E-state index in [0.717, 1.165) is 50.2 Å². The van der Waals surface area contributed by atoms with Crippen LogP contribution in [0.4, 0.5) is 4.39 Å². The molecule has 0 spiro atoms. The molecule has 0 N–H and O–H groups in total. The number of halogens is 1. The minimum absolute atomic E-state index is 0.0432. The molecule has 0 aromatic rings. The molecule has 1 atom stereocenters. The molecule has 1 heterocycles. The van der Waals surface area contributed by atoms with E-state index < -0.39 is 0 Å². The van der Waals surface area contributed by atoms with Gasteiger partial charge in [0.25, 0.3) is 0 Å². The third-order valence-corrected chi connectivity index (χ3v) is 7.02. The number of hydrogen-bond donors (Lipinski definition) is 0. The van der Waals surface area contributed by atoms with Crippen molar-refractivity contribution in [3.63, 3.8) is 0 Å². The molecule has 3 aliphatic rings. The Balaban J connectivity index is 1.26. The fraction of sp³-hybridized carbons (Fsp3) is 0.913. The summed E-state index contributed by atoms with van der Waals surface area (Å²) in [6.07, 6.45) is 17.5. The third kappa shape index (κ3) is 6.34. The first kappa shape index (κ1) is 20.3. The van der Waals surface area contributed by atoms with Gasteiger partial charge < -0.3 is 9.47 Å². The Kier molecular flexibility index (Phi) is 8.45. The van der Waals surface area contributed by atoms with Gasteiger partial charge in [0.15, 0.2) is 6.29 Å². The minimum atomic E-state index is 0.0432. The van der Waals surface area contributed by atoms with Gasteiger partial charge >= 0.3 is 0 Å². The zero-order valence-corrected chi connectivity index (χ0v) is 16.8. The lowest BCUT2D eigenvalue weighted by Gasteiger charge is -2.35. The highest BCUT2D eigenvalue weighted by Crippen LogP contribution is 2.41. The molecule has 1 aliphatic heterocycles. The summed E-state index contributed by atoms with van der Waals surface area (Å²) in [6, 6.07) is 0. The molecular formula is C23H39FO2. The molecule has 0 aromatic carbocycles. The average Bonchev–Trinajstić information content (AvgIpc) is 2.69. The van der Waals surface area contributed by atoms with E-state index in [1.807, 2.05) is 6.08 Å². The van der Waals surface area contributed by atoms with Gasteiger partial charge in [0.05, 0.1) is 19.0 Å². The molecule has 2 nitrogen and oxygen atoms in total. The van der Waals surface area contributed by atoms with Crippen molar-refractivity contribution in [2.24, 2.45) is 23.7 Å². The number of hydrogen-bond acceptors (Lipinski definition) is 2. The van der Waals surface area contributed by atoms with Crippen LogP contribution in [0.1, 0.15) is 90.4 Å². The molecule has 1 saturated carbocycles. The second-order valence-corrected chi connectivity index (χ2v) is 9.00. The van der Waals surface area contributed by atoms with Crippen LogP contribution in [0.5, 0.6) is 0 Å². The van der Waals surface area contributed by atoms with Crippen LogP contribution in [0.3, 0.4) is 0 Å². The second kappa shape index (κ2) is 10.8. The predicted molar refractivity (Wildman–Crippen MR) is 105 cm³/mol. The summed E-state index contributed by atoms with van der Waals surface area (Å²) >= 11 is 0. The maximum Gasteiger partial charge on any atom is 0.157 e. The van der Waals surface area contributed by atoms with E-state index in [2.05, 4.69) is 6.92 Å². The van der Waals surface area contributed by atoms with E-state index in [1.54, 1.807) is 0 Å². The first-order valence-electron chi connectivity index (χ1n) is 11.3. The van der Waals surface area contributed by atoms with Gasteiger partial charge in [-0.1, -0.05) is 45.1 Å². The fourth-order valence-electron chi connectivity index (χ4n) is 5.17. The highest BCUT2D eigenvalue weighted by atomic mass is 19.1. The molecule has 0 amide bonds. The topological polar surface area (TPSA) is 18.5 Å². The Hall–Kier alpha value is -0.410. The zero-order valence-electron chi connectivity index (χ0n) is 16.8. The van der Waals surface area contributed by atoms with Crippen LogP contribution in [0.15, 0.2) is 11.9 Å². The quantitative estimate of drug-likeness (QED) is 0.440. The number of ether oxygens (including phenoxy) is 2. The first-order chi connectivity index (χ1) is 12.7. The summed E-state index contributed by atoms with van der Waals surface area (Å²) in [6.45, 7) is 4.04. The fourth-order valence-corrected chi connectivity index (χ4v) is 5.17. The van der Waals surface area contributed by atoms with Crippen molar-refractivity contribution < 1.29 is 13.9 Å². The minimum Gasteiger partial charge on any atom is -0.352 e. The van der Waals surface area contributed by atoms with Crippen LogP contribution >= 0.6 is 0 Å². The average molecular weight is 367 g/mol. The summed E-state index contributed by atoms with van der Waals surface area (Å²) in [5.74, 6) is 3.15. The third-order valence-electron chi connectivity index (χ3n) is 7.02. The first-order valence-corrected chi connectivity index (χ1v) is 11.3. The van der Waals surface area contributed by atoms with Crippen LogP contribution < -0.4 is 0 Å². The van der Waals surface area contributed by atoms with Crippen molar-refractivity contribution in [2.45, 2.75) is 96.7 Å². The highest BCUT2D eigenvalue weighted by molar-refractivity contribution is 4.99. The Morgan fingerprint density at radius 1 is 0.885 bits per heavy atom. The van der Waals surface area contributed by atoms with Gasteiger partial charge in [-0.05, 0) is 69.1 Å². The molecule has 3 heteroatoms. The van der Waals surface area contributed by atoms with Crippen LogP contribution in [-0.4, -0.2) is 19.5 Å². The van der Waals surface area contributed by atoms with Crippen molar-refractivity contribution >= 4 is 0 Å². The van der Waals surface area contributed by atoms with E-state index in [9.17, 15) is 4.39 Å². The second-order valence-electron chi connectivity index (χ2n) is 9.00. The molecule has 150 valence electrons. The summed E-state index contributed by atoms with van der Waals surface area (Å²) in [5, 5.41) is 0. The van der Waals surface area contributed by atoms with Crippen molar-refractivity contribution in [3.8, 4) is 0 Å². The monoisotopic (exact) mass is 366 g/mol. The highest BCUT2D eigenvalue weighted by Gasteiger charge is 2.29. The molecule has 2 fully saturated rings. The van der Waals surface area contributed by atoms with Crippen LogP contribution in [0.2, 0.25) is 0 Å². The van der Waals surface area contributed by atoms with E-state index in [-0.39, 0.29) is 12.1 Å². The summed E-state index contributed by atoms with van der Waals surface area (Å²) < 4.78 is 25.2. The van der Waals surface area contributed by atoms with Gasteiger partial charge in [0.1, 0.15) is 0 Å². The normalized spacial score (nSPS) is 35.9. The number of rotatable bonds is 8. The van der Waals surface area contributed by atoms with E-state index >= 15 is 0 Å². The smallest absolute Gasteiger partial charge is 0.157 e. The molecular weight excluding hydrogens is 327 g/mol. The van der Waals surface area contributed by atoms with Crippen molar-refractivity contribution in [1.82, 2.24) is 0 Å². The molecule has 26 heavy (non-hydrogen) atoms. The van der Waals surface area contributed by atoms with Crippen molar-refractivity contribution in [1.29, 1.82) is 0 Å². The Morgan fingerprint density at radius 3 is 2.31 bits per heavy atom. The lowest BCUT2D eigenvalue weighted by molar-refractivity contribution is -0.205. The van der Waals surface area contributed by atoms with Gasteiger partial charge in [-0.15, -0.1) is 0 Å². The van der Waals surface area contributed by atoms with Crippen LogP contribution in [0, 0.1) is 23.7 Å². The molecule has 1 unspecified atom stereocenters. The Labute approximate surface area is 159 Å². The molecule has 0 aromatic heterocycles. The van der Waals surface area contributed by atoms with E-state index in [4.69, 9.17) is 9.47 Å². The number of allylic oxidation sites excluding steroid dienone is 2. The summed E-state index contributed by atoms with van der Waals surface area (Å²) in [5.41, 5.74) is 0. The van der Waals surface area contributed by atoms with Gasteiger partial charge in [0, 0.05) is 5.92 Å². The summed E-state index contributed by atoms with van der Waals surface area (Å²) in [4.78, 5) is 0. The van der Waals surface area contributed by atoms with Gasteiger partial charge in [0.2, 0.25) is 0 Å². The van der Waals surface area contributed by atoms with Crippen molar-refractivity contribution in [3.05, 3.63) is 11.9 Å². The lowest BCUT2D eigenvalue weighted by Crippen LogP contribution is -2.32. The molecule has 0 bridgehead atoms. The van der Waals surface area contributed by atoms with Gasteiger partial charge in [-0.2, -0.15) is 0 Å². The van der Waals surface area contributed by atoms with Crippen LogP contribution in [0.25, 0.3) is 0 Å². The largest absolute Gasteiger partial charge is 0.352 e. The van der Waals surface area contributed by atoms with E-state index in [1.165, 1.54) is 57.8 Å². The van der Waals surface area contributed by atoms with Crippen LogP contribution in [-0.2, 0) is 9.47 Å². The van der Waals surface area contributed by atoms with E-state index in [0.29, 0.717) is 12.3 Å². The molecule has 1 saturated heterocycles. The summed E-state index contributed by atoms with van der Waals surface area (Å²) in [7, 11) is 0. The zero-order chi connectivity index (χ0) is 18.2. The Bertz CT molecular complexity index is 420. The molecule has 3 rings (SSSR count). The maximum absolute atomic E-state index is 13.2. The van der Waals surface area contributed by atoms with Gasteiger partial charge in [-0.3, -0.25) is 0 Å². The SMILES string of the molecule is CCCCC[C@H]1CO[C@H](CC[C@H]2CC[C@H](C3CC=C(F)CC3)CC2)OC1. The van der Waals surface area contributed by atoms with Crippen molar-refractivity contribution in [2.75, 3.05) is 13.2 Å².